The summed E-state index contributed by atoms with van der Waals surface area (Å²) in [6.45, 7) is 2.08. The second kappa shape index (κ2) is 6.39. The zero-order chi connectivity index (χ0) is 14.0. The predicted octanol–water partition coefficient (Wildman–Crippen LogP) is 4.83. The molecule has 0 bridgehead atoms. The van der Waals surface area contributed by atoms with E-state index in [0.29, 0.717) is 0 Å². The fourth-order valence-electron chi connectivity index (χ4n) is 1.95. The summed E-state index contributed by atoms with van der Waals surface area (Å²) < 4.78 is 7.53. The molecule has 102 valence electrons. The van der Waals surface area contributed by atoms with Crippen molar-refractivity contribution in [2.24, 2.45) is 5.73 Å². The number of halogens is 2. The first kappa shape index (κ1) is 15.0. The average molecular weight is 405 g/mol. The Balaban J connectivity index is 2.23. The third kappa shape index (κ3) is 3.60. The lowest BCUT2D eigenvalue weighted by molar-refractivity contribution is 0.408. The van der Waals surface area contributed by atoms with Crippen molar-refractivity contribution in [3.05, 3.63) is 48.5 Å². The van der Waals surface area contributed by atoms with Crippen LogP contribution in [0, 0.1) is 6.92 Å². The Morgan fingerprint density at radius 1 is 1.32 bits per heavy atom. The Morgan fingerprint density at radius 3 is 2.63 bits per heavy atom. The Bertz CT molecular complexity index is 563. The molecule has 1 aromatic heterocycles. The summed E-state index contributed by atoms with van der Waals surface area (Å²) in [5.41, 5.74) is 8.66. The molecule has 0 aliphatic carbocycles. The number of aryl methyl sites for hydroxylation is 1. The fraction of sp³-hybridized carbons (Fsp3) is 0.286. The van der Waals surface area contributed by atoms with Crippen LogP contribution in [0.3, 0.4) is 0 Å². The van der Waals surface area contributed by atoms with Gasteiger partial charge in [0.05, 0.1) is 10.9 Å². The molecule has 2 aromatic rings. The van der Waals surface area contributed by atoms with Gasteiger partial charge >= 0.3 is 0 Å². The van der Waals surface area contributed by atoms with Gasteiger partial charge in [0, 0.05) is 15.4 Å². The first-order valence-corrected chi connectivity index (χ1v) is 8.25. The molecular weight excluding hydrogens is 390 g/mol. The number of hydrogen-bond donors (Lipinski definition) is 1. The molecule has 1 unspecified atom stereocenters. The van der Waals surface area contributed by atoms with E-state index >= 15 is 0 Å². The molecule has 0 radical (unpaired) electrons. The number of thiophene rings is 1. The van der Waals surface area contributed by atoms with Gasteiger partial charge in [0.15, 0.2) is 0 Å². The van der Waals surface area contributed by atoms with Gasteiger partial charge in [-0.1, -0.05) is 17.7 Å². The minimum Gasteiger partial charge on any atom is -0.496 e. The molecule has 1 atom stereocenters. The van der Waals surface area contributed by atoms with Gasteiger partial charge in [0.25, 0.3) is 0 Å². The lowest BCUT2D eigenvalue weighted by atomic mass is 10.0. The van der Waals surface area contributed by atoms with E-state index in [4.69, 9.17) is 10.5 Å². The van der Waals surface area contributed by atoms with Crippen molar-refractivity contribution in [1.82, 2.24) is 0 Å². The lowest BCUT2D eigenvalue weighted by Gasteiger charge is -2.13. The molecule has 2 rings (SSSR count). The van der Waals surface area contributed by atoms with Crippen LogP contribution in [0.25, 0.3) is 0 Å². The smallest absolute Gasteiger partial charge is 0.122 e. The molecule has 1 heterocycles. The summed E-state index contributed by atoms with van der Waals surface area (Å²) in [4.78, 5) is 1.15. The molecule has 0 saturated heterocycles. The lowest BCUT2D eigenvalue weighted by Crippen LogP contribution is -2.12. The van der Waals surface area contributed by atoms with E-state index in [0.717, 1.165) is 30.9 Å². The molecule has 0 fully saturated rings. The number of hydrogen-bond acceptors (Lipinski definition) is 3. The zero-order valence-electron chi connectivity index (χ0n) is 10.7. The second-order valence-electron chi connectivity index (χ2n) is 4.40. The van der Waals surface area contributed by atoms with Crippen LogP contribution >= 0.6 is 43.2 Å². The second-order valence-corrected chi connectivity index (χ2v) is 7.65. The maximum Gasteiger partial charge on any atom is 0.122 e. The van der Waals surface area contributed by atoms with Gasteiger partial charge < -0.3 is 10.5 Å². The van der Waals surface area contributed by atoms with Crippen LogP contribution in [0.1, 0.15) is 22.0 Å². The Kier molecular flexibility index (Phi) is 5.06. The van der Waals surface area contributed by atoms with E-state index in [1.54, 1.807) is 18.4 Å². The van der Waals surface area contributed by atoms with E-state index in [2.05, 4.69) is 50.9 Å². The highest BCUT2D eigenvalue weighted by atomic mass is 79.9. The van der Waals surface area contributed by atoms with Crippen LogP contribution in [-0.4, -0.2) is 7.11 Å². The SMILES string of the molecule is COc1ccc(C)cc1CC(N)c1cc(Br)c(Br)s1. The highest BCUT2D eigenvalue weighted by Gasteiger charge is 2.14. The number of ether oxygens (including phenoxy) is 1. The highest BCUT2D eigenvalue weighted by Crippen LogP contribution is 2.36. The minimum absolute atomic E-state index is 0.0247. The van der Waals surface area contributed by atoms with Crippen molar-refractivity contribution in [1.29, 1.82) is 0 Å². The number of methoxy groups -OCH3 is 1. The van der Waals surface area contributed by atoms with E-state index in [9.17, 15) is 0 Å². The molecule has 1 aromatic carbocycles. The van der Waals surface area contributed by atoms with Crippen molar-refractivity contribution in [3.63, 3.8) is 0 Å². The minimum atomic E-state index is -0.0247. The Labute approximate surface area is 134 Å². The average Bonchev–Trinajstić information content (AvgIpc) is 2.70. The molecule has 0 amide bonds. The molecule has 0 spiro atoms. The maximum atomic E-state index is 6.30. The van der Waals surface area contributed by atoms with Crippen LogP contribution in [0.15, 0.2) is 32.5 Å². The van der Waals surface area contributed by atoms with Gasteiger partial charge in [-0.15, -0.1) is 11.3 Å². The third-order valence-electron chi connectivity index (χ3n) is 2.91. The van der Waals surface area contributed by atoms with Crippen LogP contribution in [0.4, 0.5) is 0 Å². The first-order chi connectivity index (χ1) is 9.01. The van der Waals surface area contributed by atoms with Gasteiger partial charge in [-0.25, -0.2) is 0 Å². The molecule has 5 heteroatoms. The first-order valence-electron chi connectivity index (χ1n) is 5.85. The van der Waals surface area contributed by atoms with Gasteiger partial charge in [0.2, 0.25) is 0 Å². The number of rotatable bonds is 4. The highest BCUT2D eigenvalue weighted by molar-refractivity contribution is 9.13. The predicted molar refractivity (Wildman–Crippen MR) is 88.1 cm³/mol. The van der Waals surface area contributed by atoms with Gasteiger partial charge in [-0.2, -0.15) is 0 Å². The summed E-state index contributed by atoms with van der Waals surface area (Å²) in [6.07, 6.45) is 0.768. The van der Waals surface area contributed by atoms with Crippen molar-refractivity contribution >= 4 is 43.2 Å². The van der Waals surface area contributed by atoms with Gasteiger partial charge in [-0.3, -0.25) is 0 Å². The van der Waals surface area contributed by atoms with E-state index < -0.39 is 0 Å². The van der Waals surface area contributed by atoms with Crippen LogP contribution < -0.4 is 10.5 Å². The molecule has 2 N–H and O–H groups in total. The van der Waals surface area contributed by atoms with Crippen molar-refractivity contribution < 1.29 is 4.74 Å². The topological polar surface area (TPSA) is 35.2 Å². The summed E-state index contributed by atoms with van der Waals surface area (Å²) in [6, 6.07) is 8.23. The van der Waals surface area contributed by atoms with E-state index in [-0.39, 0.29) is 6.04 Å². The summed E-state index contributed by atoms with van der Waals surface area (Å²) in [5.74, 6) is 0.899. The molecule has 0 aliphatic heterocycles. The summed E-state index contributed by atoms with van der Waals surface area (Å²) >= 11 is 8.66. The van der Waals surface area contributed by atoms with Crippen LogP contribution in [0.2, 0.25) is 0 Å². The largest absolute Gasteiger partial charge is 0.496 e. The van der Waals surface area contributed by atoms with Crippen molar-refractivity contribution in [3.8, 4) is 5.75 Å². The summed E-state index contributed by atoms with van der Waals surface area (Å²) in [7, 11) is 1.69. The Morgan fingerprint density at radius 2 is 2.05 bits per heavy atom. The van der Waals surface area contributed by atoms with Crippen molar-refractivity contribution in [2.75, 3.05) is 7.11 Å². The third-order valence-corrected chi connectivity index (χ3v) is 6.29. The quantitative estimate of drug-likeness (QED) is 0.791. The molecule has 19 heavy (non-hydrogen) atoms. The molecule has 2 nitrogen and oxygen atoms in total. The van der Waals surface area contributed by atoms with E-state index in [1.807, 2.05) is 12.1 Å². The van der Waals surface area contributed by atoms with E-state index in [1.165, 1.54) is 5.56 Å². The Hall–Kier alpha value is -0.360. The standard InChI is InChI=1S/C14H15Br2NOS/c1-8-3-4-12(18-2)9(5-8)6-11(17)13-7-10(15)14(16)19-13/h3-5,7,11H,6,17H2,1-2H3. The molecule has 0 aliphatic rings. The maximum absolute atomic E-state index is 6.30. The van der Waals surface area contributed by atoms with Gasteiger partial charge in [-0.05, 0) is 62.9 Å². The summed E-state index contributed by atoms with van der Waals surface area (Å²) in [5, 5.41) is 0. The molecule has 0 saturated carbocycles. The van der Waals surface area contributed by atoms with Crippen LogP contribution in [-0.2, 0) is 6.42 Å². The zero-order valence-corrected chi connectivity index (χ0v) is 14.7. The van der Waals surface area contributed by atoms with Crippen molar-refractivity contribution in [2.45, 2.75) is 19.4 Å². The number of benzene rings is 1. The van der Waals surface area contributed by atoms with Crippen LogP contribution in [0.5, 0.6) is 5.75 Å². The number of nitrogens with two attached hydrogens (primary N) is 1. The normalized spacial score (nSPS) is 12.5. The monoisotopic (exact) mass is 403 g/mol. The fourth-order valence-corrected chi connectivity index (χ4v) is 4.04. The molecular formula is C14H15Br2NOS. The van der Waals surface area contributed by atoms with Gasteiger partial charge in [0.1, 0.15) is 5.75 Å².